The van der Waals surface area contributed by atoms with E-state index in [1.807, 2.05) is 12.1 Å². The molecule has 63 valence electrons. The van der Waals surface area contributed by atoms with E-state index in [2.05, 4.69) is 23.5 Å². The van der Waals surface area contributed by atoms with Gasteiger partial charge in [-0.05, 0) is 36.9 Å². The third-order valence-corrected chi connectivity index (χ3v) is 2.51. The lowest BCUT2D eigenvalue weighted by Crippen LogP contribution is -2.28. The summed E-state index contributed by atoms with van der Waals surface area (Å²) < 4.78 is 0. The van der Waals surface area contributed by atoms with Gasteiger partial charge in [0.2, 0.25) is 0 Å². The normalized spacial score (nSPS) is 23.8. The van der Waals surface area contributed by atoms with Gasteiger partial charge in [-0.25, -0.2) is 0 Å². The molecule has 1 nitrogen and oxygen atoms in total. The zero-order valence-corrected chi connectivity index (χ0v) is 7.22. The van der Waals surface area contributed by atoms with Crippen LogP contribution in [0.3, 0.4) is 0 Å². The summed E-state index contributed by atoms with van der Waals surface area (Å²) in [5, 5.41) is 3.42. The fourth-order valence-corrected chi connectivity index (χ4v) is 1.81. The molecule has 12 heavy (non-hydrogen) atoms. The predicted octanol–water partition coefficient (Wildman–Crippen LogP) is 1.95. The maximum Gasteiger partial charge on any atom is 0.00201 e. The first-order valence-electron chi connectivity index (χ1n) is 4.63. The lowest BCUT2D eigenvalue weighted by molar-refractivity contribution is 0.461. The highest BCUT2D eigenvalue weighted by Gasteiger charge is 2.13. The van der Waals surface area contributed by atoms with Crippen LogP contribution in [0, 0.1) is 6.07 Å². The van der Waals surface area contributed by atoms with Gasteiger partial charge in [-0.15, -0.1) is 0 Å². The van der Waals surface area contributed by atoms with Gasteiger partial charge in [-0.1, -0.05) is 24.3 Å². The Morgan fingerprint density at radius 3 is 2.83 bits per heavy atom. The summed E-state index contributed by atoms with van der Waals surface area (Å²) >= 11 is 0. The fraction of sp³-hybridized carbons (Fsp3) is 0.455. The zero-order chi connectivity index (χ0) is 8.23. The summed E-state index contributed by atoms with van der Waals surface area (Å²) in [4.78, 5) is 0. The number of nitrogens with one attached hydrogen (secondary N) is 1. The summed E-state index contributed by atoms with van der Waals surface area (Å²) in [6.45, 7) is 2.33. The zero-order valence-electron chi connectivity index (χ0n) is 7.22. The van der Waals surface area contributed by atoms with Gasteiger partial charge < -0.3 is 5.32 Å². The number of hydrogen-bond donors (Lipinski definition) is 1. The molecule has 1 aromatic rings. The third kappa shape index (κ3) is 1.67. The molecule has 1 aromatic carbocycles. The predicted molar refractivity (Wildman–Crippen MR) is 50.1 cm³/mol. The number of piperidine rings is 1. The first kappa shape index (κ1) is 7.81. The summed E-state index contributed by atoms with van der Waals surface area (Å²) in [6.07, 6.45) is 2.64. The molecule has 0 saturated carbocycles. The van der Waals surface area contributed by atoms with Gasteiger partial charge in [0, 0.05) is 6.54 Å². The van der Waals surface area contributed by atoms with Gasteiger partial charge in [-0.3, -0.25) is 0 Å². The van der Waals surface area contributed by atoms with Crippen molar-refractivity contribution in [1.29, 1.82) is 0 Å². The molecule has 1 fully saturated rings. The second-order valence-electron chi connectivity index (χ2n) is 3.38. The smallest absolute Gasteiger partial charge is 0.00201 e. The van der Waals surface area contributed by atoms with Crippen LogP contribution in [0.25, 0.3) is 0 Å². The molecule has 0 aromatic heterocycles. The van der Waals surface area contributed by atoms with Crippen LogP contribution in [0.4, 0.5) is 0 Å². The van der Waals surface area contributed by atoms with Crippen LogP contribution in [0.1, 0.15) is 24.3 Å². The minimum atomic E-state index is 0.730. The molecule has 1 aliphatic heterocycles. The molecule has 2 rings (SSSR count). The van der Waals surface area contributed by atoms with E-state index in [0.29, 0.717) is 0 Å². The van der Waals surface area contributed by atoms with E-state index in [4.69, 9.17) is 0 Å². The third-order valence-electron chi connectivity index (χ3n) is 2.51. The quantitative estimate of drug-likeness (QED) is 0.662. The van der Waals surface area contributed by atoms with Gasteiger partial charge in [0.25, 0.3) is 0 Å². The van der Waals surface area contributed by atoms with Crippen molar-refractivity contribution in [2.45, 2.75) is 18.8 Å². The summed E-state index contributed by atoms with van der Waals surface area (Å²) in [5.41, 5.74) is 1.46. The van der Waals surface area contributed by atoms with Gasteiger partial charge in [0.1, 0.15) is 0 Å². The Morgan fingerprint density at radius 2 is 2.17 bits per heavy atom. The summed E-state index contributed by atoms with van der Waals surface area (Å²) in [5.74, 6) is 0.730. The maximum absolute atomic E-state index is 3.42. The van der Waals surface area contributed by atoms with Crippen LogP contribution in [0.5, 0.6) is 0 Å². The Kier molecular flexibility index (Phi) is 2.42. The van der Waals surface area contributed by atoms with E-state index in [9.17, 15) is 0 Å². The Balaban J connectivity index is 2.08. The Bertz CT molecular complexity index is 224. The molecule has 0 bridgehead atoms. The van der Waals surface area contributed by atoms with Crippen LogP contribution in [-0.2, 0) is 0 Å². The second-order valence-corrected chi connectivity index (χ2v) is 3.38. The molecule has 0 spiro atoms. The van der Waals surface area contributed by atoms with Gasteiger partial charge >= 0.3 is 0 Å². The van der Waals surface area contributed by atoms with Crippen LogP contribution >= 0.6 is 0 Å². The van der Waals surface area contributed by atoms with E-state index in [-0.39, 0.29) is 0 Å². The Hall–Kier alpha value is -0.820. The van der Waals surface area contributed by atoms with Crippen molar-refractivity contribution < 1.29 is 0 Å². The molecular weight excluding hydrogens is 146 g/mol. The highest BCUT2D eigenvalue weighted by Crippen LogP contribution is 2.22. The van der Waals surface area contributed by atoms with Crippen molar-refractivity contribution in [2.24, 2.45) is 0 Å². The first-order valence-corrected chi connectivity index (χ1v) is 4.63. The first-order chi connectivity index (χ1) is 5.97. The fourth-order valence-electron chi connectivity index (χ4n) is 1.81. The minimum absolute atomic E-state index is 0.730. The Labute approximate surface area is 73.8 Å². The van der Waals surface area contributed by atoms with E-state index in [1.165, 1.54) is 24.9 Å². The Morgan fingerprint density at radius 1 is 1.33 bits per heavy atom. The van der Waals surface area contributed by atoms with Gasteiger partial charge in [0.15, 0.2) is 0 Å². The molecule has 0 amide bonds. The molecule has 1 aliphatic rings. The van der Waals surface area contributed by atoms with Crippen molar-refractivity contribution in [3.63, 3.8) is 0 Å². The maximum atomic E-state index is 3.42. The lowest BCUT2D eigenvalue weighted by atomic mass is 9.92. The molecule has 1 unspecified atom stereocenters. The standard InChI is InChI=1S/C11H14N/c1-2-5-10(6-3-1)11-7-4-8-12-9-11/h2-3,5-6,11-12H,4,7-9H2. The van der Waals surface area contributed by atoms with Crippen LogP contribution in [-0.4, -0.2) is 13.1 Å². The summed E-state index contributed by atoms with van der Waals surface area (Å²) in [6, 6.07) is 11.4. The van der Waals surface area contributed by atoms with E-state index in [1.54, 1.807) is 0 Å². The van der Waals surface area contributed by atoms with E-state index < -0.39 is 0 Å². The van der Waals surface area contributed by atoms with Crippen molar-refractivity contribution >= 4 is 0 Å². The molecular formula is C11H14N. The molecule has 1 atom stereocenters. The minimum Gasteiger partial charge on any atom is -0.316 e. The summed E-state index contributed by atoms with van der Waals surface area (Å²) in [7, 11) is 0. The molecule has 1 saturated heterocycles. The van der Waals surface area contributed by atoms with Crippen LogP contribution < -0.4 is 5.32 Å². The van der Waals surface area contributed by atoms with E-state index >= 15 is 0 Å². The van der Waals surface area contributed by atoms with E-state index in [0.717, 1.165) is 12.5 Å². The monoisotopic (exact) mass is 160 g/mol. The van der Waals surface area contributed by atoms with Crippen molar-refractivity contribution in [3.8, 4) is 0 Å². The largest absolute Gasteiger partial charge is 0.316 e. The average Bonchev–Trinajstić information content (AvgIpc) is 2.21. The molecule has 0 aliphatic carbocycles. The van der Waals surface area contributed by atoms with Gasteiger partial charge in [-0.2, -0.15) is 0 Å². The highest BCUT2D eigenvalue weighted by molar-refractivity contribution is 5.19. The van der Waals surface area contributed by atoms with Crippen molar-refractivity contribution in [3.05, 3.63) is 35.9 Å². The molecule has 1 radical (unpaired) electrons. The molecule has 1 heterocycles. The average molecular weight is 160 g/mol. The van der Waals surface area contributed by atoms with Crippen LogP contribution in [0.2, 0.25) is 0 Å². The van der Waals surface area contributed by atoms with Crippen molar-refractivity contribution in [1.82, 2.24) is 5.32 Å². The molecule has 1 N–H and O–H groups in total. The molecule has 1 heteroatoms. The van der Waals surface area contributed by atoms with Gasteiger partial charge in [0.05, 0.1) is 0 Å². The number of hydrogen-bond acceptors (Lipinski definition) is 1. The topological polar surface area (TPSA) is 12.0 Å². The van der Waals surface area contributed by atoms with Crippen LogP contribution in [0.15, 0.2) is 24.3 Å². The SMILES string of the molecule is [c]1ccc(C2CCCNC2)cc1. The number of benzene rings is 1. The second kappa shape index (κ2) is 3.72. The number of rotatable bonds is 1. The lowest BCUT2D eigenvalue weighted by Gasteiger charge is -2.22. The van der Waals surface area contributed by atoms with Crippen molar-refractivity contribution in [2.75, 3.05) is 13.1 Å². The highest BCUT2D eigenvalue weighted by atomic mass is 14.9.